The second-order valence-electron chi connectivity index (χ2n) is 4.17. The van der Waals surface area contributed by atoms with Gasteiger partial charge in [0.05, 0.1) is 10.6 Å². The Morgan fingerprint density at radius 1 is 1.43 bits per heavy atom. The van der Waals surface area contributed by atoms with Gasteiger partial charge in [-0.15, -0.1) is 5.10 Å². The molecule has 1 N–H and O–H groups in total. The Labute approximate surface area is 128 Å². The van der Waals surface area contributed by atoms with Gasteiger partial charge in [0.1, 0.15) is 0 Å². The maximum atomic E-state index is 12.3. The average Bonchev–Trinajstić information content (AvgIpc) is 2.71. The number of halogens is 1. The summed E-state index contributed by atoms with van der Waals surface area (Å²) in [6, 6.07) is 3.92. The highest BCUT2D eigenvalue weighted by Crippen LogP contribution is 2.26. The number of non-ortho nitro benzene ring substituents is 1. The first kappa shape index (κ1) is 15.4. The maximum absolute atomic E-state index is 12.3. The molecule has 112 valence electrons. The lowest BCUT2D eigenvalue weighted by atomic mass is 10.2. The van der Waals surface area contributed by atoms with Crippen LogP contribution in [0.3, 0.4) is 0 Å². The third kappa shape index (κ3) is 3.03. The van der Waals surface area contributed by atoms with Gasteiger partial charge in [0.2, 0.25) is 5.03 Å². The number of aryl methyl sites for hydroxylation is 2. The molecule has 21 heavy (non-hydrogen) atoms. The van der Waals surface area contributed by atoms with Crippen LogP contribution in [0.4, 0.5) is 11.4 Å². The van der Waals surface area contributed by atoms with Crippen LogP contribution in [0, 0.1) is 17.0 Å². The van der Waals surface area contributed by atoms with Gasteiger partial charge in [0.25, 0.3) is 15.7 Å². The van der Waals surface area contributed by atoms with Crippen LogP contribution in [0.25, 0.3) is 0 Å². The monoisotopic (exact) mass is 375 g/mol. The summed E-state index contributed by atoms with van der Waals surface area (Å²) in [7, 11) is -2.55. The molecule has 0 saturated carbocycles. The van der Waals surface area contributed by atoms with E-state index in [0.29, 0.717) is 5.56 Å². The summed E-state index contributed by atoms with van der Waals surface area (Å²) in [5.74, 6) is 0. The summed E-state index contributed by atoms with van der Waals surface area (Å²) in [5.41, 5.74) is 0.466. The molecule has 0 aliphatic rings. The van der Waals surface area contributed by atoms with Gasteiger partial charge in [-0.3, -0.25) is 14.8 Å². The summed E-state index contributed by atoms with van der Waals surface area (Å²) in [6.07, 6.45) is 0. The number of rotatable bonds is 4. The van der Waals surface area contributed by atoms with E-state index in [-0.39, 0.29) is 21.0 Å². The number of sulfonamides is 1. The van der Waals surface area contributed by atoms with E-state index in [9.17, 15) is 18.5 Å². The Bertz CT molecular complexity index is 797. The number of hydrogen-bond acceptors (Lipinski definition) is 6. The first-order chi connectivity index (χ1) is 9.72. The molecule has 0 unspecified atom stereocenters. The molecular formula is C10H10BrN5O4S. The number of nitro groups is 1. The van der Waals surface area contributed by atoms with Gasteiger partial charge < -0.3 is 0 Å². The molecule has 1 heterocycles. The van der Waals surface area contributed by atoms with Crippen LogP contribution < -0.4 is 4.72 Å². The van der Waals surface area contributed by atoms with Crippen molar-refractivity contribution in [1.29, 1.82) is 0 Å². The lowest BCUT2D eigenvalue weighted by molar-refractivity contribution is -0.384. The van der Waals surface area contributed by atoms with Crippen molar-refractivity contribution in [2.24, 2.45) is 7.05 Å². The molecule has 0 spiro atoms. The van der Waals surface area contributed by atoms with Crippen LogP contribution in [-0.4, -0.2) is 28.3 Å². The molecule has 0 saturated heterocycles. The van der Waals surface area contributed by atoms with Crippen molar-refractivity contribution in [2.75, 3.05) is 4.72 Å². The molecular weight excluding hydrogens is 366 g/mol. The Kier molecular flexibility index (Phi) is 3.96. The zero-order chi connectivity index (χ0) is 15.8. The van der Waals surface area contributed by atoms with Crippen molar-refractivity contribution < 1.29 is 13.3 Å². The van der Waals surface area contributed by atoms with Crippen molar-refractivity contribution in [1.82, 2.24) is 15.0 Å². The highest BCUT2D eigenvalue weighted by Gasteiger charge is 2.25. The van der Waals surface area contributed by atoms with Gasteiger partial charge in [0.15, 0.2) is 4.60 Å². The number of anilines is 1. The van der Waals surface area contributed by atoms with E-state index in [0.717, 1.165) is 10.7 Å². The SMILES string of the molecule is Cc1ccc([N+](=O)[O-])cc1NS(=O)(=O)c1c(Br)nnn1C. The predicted octanol–water partition coefficient (Wildman–Crippen LogP) is 1.60. The standard InChI is InChI=1S/C10H10BrN5O4S/c1-6-3-4-7(16(17)18)5-8(6)13-21(19,20)10-9(11)12-14-15(10)2/h3-5,13H,1-2H3. The minimum Gasteiger partial charge on any atom is -0.278 e. The molecule has 0 amide bonds. The van der Waals surface area contributed by atoms with Crippen LogP contribution in [0.5, 0.6) is 0 Å². The number of aromatic nitrogens is 3. The average molecular weight is 376 g/mol. The molecule has 0 aliphatic heterocycles. The Balaban J connectivity index is 2.46. The largest absolute Gasteiger partial charge is 0.281 e. The summed E-state index contributed by atoms with van der Waals surface area (Å²) >= 11 is 3.00. The molecule has 2 rings (SSSR count). The number of nitrogens with one attached hydrogen (secondary N) is 1. The molecule has 1 aromatic heterocycles. The predicted molar refractivity (Wildman–Crippen MR) is 77.3 cm³/mol. The number of nitro benzene ring substituents is 1. The second kappa shape index (κ2) is 5.41. The van der Waals surface area contributed by atoms with Crippen molar-refractivity contribution in [2.45, 2.75) is 11.9 Å². The number of hydrogen-bond donors (Lipinski definition) is 1. The fourth-order valence-corrected chi connectivity index (χ4v) is 3.85. The smallest absolute Gasteiger partial charge is 0.278 e. The van der Waals surface area contributed by atoms with Crippen LogP contribution in [-0.2, 0) is 17.1 Å². The van der Waals surface area contributed by atoms with Crippen LogP contribution in [0.1, 0.15) is 5.56 Å². The second-order valence-corrected chi connectivity index (χ2v) is 6.52. The van der Waals surface area contributed by atoms with Gasteiger partial charge in [-0.05, 0) is 28.4 Å². The zero-order valence-electron chi connectivity index (χ0n) is 10.9. The first-order valence-electron chi connectivity index (χ1n) is 5.55. The Morgan fingerprint density at radius 3 is 2.62 bits per heavy atom. The van der Waals surface area contributed by atoms with Crippen LogP contribution in [0.2, 0.25) is 0 Å². The minimum absolute atomic E-state index is 0.0561. The molecule has 2 aromatic rings. The molecule has 9 nitrogen and oxygen atoms in total. The normalized spacial score (nSPS) is 11.4. The molecule has 0 radical (unpaired) electrons. The maximum Gasteiger partial charge on any atom is 0.281 e. The van der Waals surface area contributed by atoms with E-state index in [4.69, 9.17) is 0 Å². The minimum atomic E-state index is -3.98. The molecule has 0 aliphatic carbocycles. The summed E-state index contributed by atoms with van der Waals surface area (Å²) in [5, 5.41) is 17.8. The quantitative estimate of drug-likeness (QED) is 0.639. The van der Waals surface area contributed by atoms with Crippen LogP contribution >= 0.6 is 15.9 Å². The summed E-state index contributed by atoms with van der Waals surface area (Å²) < 4.78 is 28.1. The first-order valence-corrected chi connectivity index (χ1v) is 7.83. The highest BCUT2D eigenvalue weighted by atomic mass is 79.9. The summed E-state index contributed by atoms with van der Waals surface area (Å²) in [4.78, 5) is 10.2. The fraction of sp³-hybridized carbons (Fsp3) is 0.200. The van der Waals surface area contributed by atoms with E-state index in [1.807, 2.05) is 0 Å². The van der Waals surface area contributed by atoms with Gasteiger partial charge in [-0.1, -0.05) is 11.3 Å². The number of nitrogens with zero attached hydrogens (tertiary/aromatic N) is 4. The van der Waals surface area contributed by atoms with Crippen molar-refractivity contribution >= 4 is 37.3 Å². The van der Waals surface area contributed by atoms with Gasteiger partial charge in [-0.2, -0.15) is 8.42 Å². The fourth-order valence-electron chi connectivity index (χ4n) is 1.63. The molecule has 1 aromatic carbocycles. The zero-order valence-corrected chi connectivity index (χ0v) is 13.3. The van der Waals surface area contributed by atoms with Crippen LogP contribution in [0.15, 0.2) is 27.8 Å². The Morgan fingerprint density at radius 2 is 2.10 bits per heavy atom. The van der Waals surface area contributed by atoms with Crippen molar-refractivity contribution in [3.63, 3.8) is 0 Å². The molecule has 0 fully saturated rings. The summed E-state index contributed by atoms with van der Waals surface area (Å²) in [6.45, 7) is 1.64. The topological polar surface area (TPSA) is 120 Å². The third-order valence-electron chi connectivity index (χ3n) is 2.67. The third-order valence-corrected chi connectivity index (χ3v) is 4.92. The molecule has 11 heteroatoms. The highest BCUT2D eigenvalue weighted by molar-refractivity contribution is 9.10. The lowest BCUT2D eigenvalue weighted by Gasteiger charge is -2.10. The molecule has 0 bridgehead atoms. The molecule has 0 atom stereocenters. The van der Waals surface area contributed by atoms with Crippen molar-refractivity contribution in [3.8, 4) is 0 Å². The van der Waals surface area contributed by atoms with E-state index in [1.54, 1.807) is 6.92 Å². The van der Waals surface area contributed by atoms with Gasteiger partial charge >= 0.3 is 0 Å². The van der Waals surface area contributed by atoms with E-state index >= 15 is 0 Å². The van der Waals surface area contributed by atoms with E-state index in [1.165, 1.54) is 19.2 Å². The van der Waals surface area contributed by atoms with E-state index in [2.05, 4.69) is 31.0 Å². The lowest BCUT2D eigenvalue weighted by Crippen LogP contribution is -2.18. The van der Waals surface area contributed by atoms with Gasteiger partial charge in [0, 0.05) is 19.2 Å². The Hall–Kier alpha value is -2.01. The number of benzene rings is 1. The van der Waals surface area contributed by atoms with Gasteiger partial charge in [-0.25, -0.2) is 4.68 Å². The van der Waals surface area contributed by atoms with E-state index < -0.39 is 14.9 Å². The van der Waals surface area contributed by atoms with Crippen molar-refractivity contribution in [3.05, 3.63) is 38.5 Å².